The average molecular weight is 322 g/mol. The molecule has 1 aromatic rings. The van der Waals surface area contributed by atoms with E-state index < -0.39 is 0 Å². The molecule has 0 saturated carbocycles. The second-order valence-corrected chi connectivity index (χ2v) is 6.87. The highest BCUT2D eigenvalue weighted by Crippen LogP contribution is 2.20. The topological polar surface area (TPSA) is 52.6 Å². The Labute approximate surface area is 137 Å². The van der Waals surface area contributed by atoms with Crippen molar-refractivity contribution >= 4 is 17.7 Å². The van der Waals surface area contributed by atoms with Crippen molar-refractivity contribution in [2.24, 2.45) is 0 Å². The normalized spacial score (nSPS) is 16.1. The van der Waals surface area contributed by atoms with Crippen LogP contribution in [0.4, 0.5) is 0 Å². The number of benzene rings is 1. The van der Waals surface area contributed by atoms with Crippen LogP contribution in [0.5, 0.6) is 0 Å². The Morgan fingerprint density at radius 1 is 1.36 bits per heavy atom. The van der Waals surface area contributed by atoms with Gasteiger partial charge in [-0.1, -0.05) is 24.3 Å². The number of hydrogen-bond acceptors (Lipinski definition) is 4. The quantitative estimate of drug-likeness (QED) is 0.715. The van der Waals surface area contributed by atoms with Gasteiger partial charge in [0.2, 0.25) is 5.91 Å². The predicted molar refractivity (Wildman–Crippen MR) is 92.1 cm³/mol. The first kappa shape index (κ1) is 17.3. The lowest BCUT2D eigenvalue weighted by atomic mass is 9.99. The molecule has 1 unspecified atom stereocenters. The van der Waals surface area contributed by atoms with Crippen LogP contribution in [0, 0.1) is 0 Å². The lowest BCUT2D eigenvalue weighted by Gasteiger charge is -2.32. The number of aliphatic hydroxyl groups excluding tert-OH is 1. The van der Waals surface area contributed by atoms with Crippen LogP contribution in [-0.2, 0) is 17.8 Å². The van der Waals surface area contributed by atoms with Crippen molar-refractivity contribution in [1.82, 2.24) is 10.2 Å². The first-order valence-electron chi connectivity index (χ1n) is 7.99. The lowest BCUT2D eigenvalue weighted by molar-refractivity contribution is -0.126. The first-order valence-corrected chi connectivity index (χ1v) is 9.15. The Morgan fingerprint density at radius 2 is 2.14 bits per heavy atom. The molecular formula is C17H26N2O2S. The van der Waals surface area contributed by atoms with Crippen LogP contribution in [0.3, 0.4) is 0 Å². The molecule has 1 aromatic carbocycles. The molecule has 1 atom stereocenters. The predicted octanol–water partition coefficient (Wildman–Crippen LogP) is 1.67. The van der Waals surface area contributed by atoms with E-state index in [0.717, 1.165) is 37.4 Å². The molecule has 0 fully saturated rings. The van der Waals surface area contributed by atoms with Crippen LogP contribution in [0.25, 0.3) is 0 Å². The number of aliphatic hydroxyl groups is 1. The van der Waals surface area contributed by atoms with Gasteiger partial charge in [-0.05, 0) is 36.6 Å². The molecule has 4 nitrogen and oxygen atoms in total. The van der Waals surface area contributed by atoms with Crippen LogP contribution in [0.1, 0.15) is 24.5 Å². The fourth-order valence-electron chi connectivity index (χ4n) is 2.68. The third-order valence-electron chi connectivity index (χ3n) is 4.08. The number of nitrogens with one attached hydrogen (secondary N) is 1. The van der Waals surface area contributed by atoms with E-state index in [9.17, 15) is 4.79 Å². The summed E-state index contributed by atoms with van der Waals surface area (Å²) in [5.41, 5.74) is 2.75. The number of amides is 1. The zero-order valence-corrected chi connectivity index (χ0v) is 14.1. The highest BCUT2D eigenvalue weighted by atomic mass is 32.2. The van der Waals surface area contributed by atoms with Crippen LogP contribution in [0.2, 0.25) is 0 Å². The van der Waals surface area contributed by atoms with E-state index in [1.54, 1.807) is 11.8 Å². The van der Waals surface area contributed by atoms with Crippen molar-refractivity contribution in [3.8, 4) is 0 Å². The Hall–Kier alpha value is -1.04. The summed E-state index contributed by atoms with van der Waals surface area (Å²) in [5, 5.41) is 11.7. The molecular weight excluding hydrogens is 296 g/mol. The van der Waals surface area contributed by atoms with Gasteiger partial charge in [-0.2, -0.15) is 11.8 Å². The summed E-state index contributed by atoms with van der Waals surface area (Å²) in [6, 6.07) is 8.40. The summed E-state index contributed by atoms with van der Waals surface area (Å²) in [7, 11) is 0. The Balaban J connectivity index is 1.72. The van der Waals surface area contributed by atoms with Gasteiger partial charge >= 0.3 is 0 Å². The van der Waals surface area contributed by atoms with Gasteiger partial charge < -0.3 is 10.4 Å². The monoisotopic (exact) mass is 322 g/mol. The van der Waals surface area contributed by atoms with Crippen LogP contribution in [0.15, 0.2) is 24.3 Å². The molecule has 0 saturated heterocycles. The average Bonchev–Trinajstić information content (AvgIpc) is 2.56. The van der Waals surface area contributed by atoms with Crippen molar-refractivity contribution in [3.05, 3.63) is 35.4 Å². The molecule has 1 aliphatic heterocycles. The summed E-state index contributed by atoms with van der Waals surface area (Å²) in [6.45, 7) is 4.73. The van der Waals surface area contributed by atoms with Crippen molar-refractivity contribution < 1.29 is 9.90 Å². The summed E-state index contributed by atoms with van der Waals surface area (Å²) < 4.78 is 0. The van der Waals surface area contributed by atoms with Gasteiger partial charge in [0.15, 0.2) is 0 Å². The smallest absolute Gasteiger partial charge is 0.237 e. The van der Waals surface area contributed by atoms with E-state index >= 15 is 0 Å². The molecule has 2 N–H and O–H groups in total. The van der Waals surface area contributed by atoms with E-state index in [0.29, 0.717) is 6.54 Å². The van der Waals surface area contributed by atoms with Gasteiger partial charge in [0.1, 0.15) is 0 Å². The molecule has 0 aliphatic carbocycles. The number of fused-ring (bicyclic) bond motifs is 1. The highest BCUT2D eigenvalue weighted by molar-refractivity contribution is 7.99. The summed E-state index contributed by atoms with van der Waals surface area (Å²) >= 11 is 1.77. The van der Waals surface area contributed by atoms with Gasteiger partial charge in [-0.3, -0.25) is 9.69 Å². The largest absolute Gasteiger partial charge is 0.396 e. The van der Waals surface area contributed by atoms with Gasteiger partial charge in [0, 0.05) is 32.0 Å². The van der Waals surface area contributed by atoms with Crippen molar-refractivity contribution in [2.45, 2.75) is 32.4 Å². The van der Waals surface area contributed by atoms with Crippen molar-refractivity contribution in [1.29, 1.82) is 0 Å². The Kier molecular flexibility index (Phi) is 7.22. The number of thioether (sulfide) groups is 1. The van der Waals surface area contributed by atoms with Gasteiger partial charge in [0.05, 0.1) is 6.04 Å². The minimum Gasteiger partial charge on any atom is -0.396 e. The number of carbonyl (C=O) groups is 1. The molecule has 2 rings (SSSR count). The lowest BCUT2D eigenvalue weighted by Crippen LogP contribution is -2.47. The number of rotatable bonds is 8. The van der Waals surface area contributed by atoms with E-state index in [-0.39, 0.29) is 18.6 Å². The van der Waals surface area contributed by atoms with Crippen LogP contribution < -0.4 is 5.32 Å². The van der Waals surface area contributed by atoms with Gasteiger partial charge in [-0.25, -0.2) is 0 Å². The highest BCUT2D eigenvalue weighted by Gasteiger charge is 2.24. The summed E-state index contributed by atoms with van der Waals surface area (Å²) in [6.07, 6.45) is 1.84. The summed E-state index contributed by atoms with van der Waals surface area (Å²) in [5.74, 6) is 1.97. The van der Waals surface area contributed by atoms with Crippen LogP contribution in [-0.4, -0.2) is 53.2 Å². The zero-order valence-electron chi connectivity index (χ0n) is 13.3. The molecule has 122 valence electrons. The molecule has 0 radical (unpaired) electrons. The minimum absolute atomic E-state index is 0.0872. The maximum Gasteiger partial charge on any atom is 0.237 e. The van der Waals surface area contributed by atoms with Crippen molar-refractivity contribution in [3.63, 3.8) is 0 Å². The van der Waals surface area contributed by atoms with E-state index in [1.807, 2.05) is 6.92 Å². The minimum atomic E-state index is -0.0872. The standard InChI is InChI=1S/C17H26N2O2S/c1-14(17(21)18-8-12-22-11-4-10-20)19-9-7-15-5-2-3-6-16(15)13-19/h2-3,5-6,14,20H,4,7-13H2,1H3,(H,18,21). The summed E-state index contributed by atoms with van der Waals surface area (Å²) in [4.78, 5) is 14.5. The van der Waals surface area contributed by atoms with Crippen LogP contribution >= 0.6 is 11.8 Å². The maximum atomic E-state index is 12.2. The SMILES string of the molecule is CC(C(=O)NCCSCCCO)N1CCc2ccccc2C1. The third kappa shape index (κ3) is 5.00. The molecule has 1 amide bonds. The second kappa shape index (κ2) is 9.18. The third-order valence-corrected chi connectivity index (χ3v) is 5.15. The second-order valence-electron chi connectivity index (χ2n) is 5.65. The fraction of sp³-hybridized carbons (Fsp3) is 0.588. The van der Waals surface area contributed by atoms with E-state index in [2.05, 4.69) is 34.5 Å². The molecule has 0 aromatic heterocycles. The maximum absolute atomic E-state index is 12.2. The Bertz CT molecular complexity index is 481. The number of hydrogen-bond donors (Lipinski definition) is 2. The molecule has 5 heteroatoms. The first-order chi connectivity index (χ1) is 10.7. The molecule has 22 heavy (non-hydrogen) atoms. The van der Waals surface area contributed by atoms with E-state index in [4.69, 9.17) is 5.11 Å². The van der Waals surface area contributed by atoms with Crippen molar-refractivity contribution in [2.75, 3.05) is 31.2 Å². The van der Waals surface area contributed by atoms with E-state index in [1.165, 1.54) is 11.1 Å². The zero-order chi connectivity index (χ0) is 15.8. The number of carbonyl (C=O) groups excluding carboxylic acids is 1. The molecule has 1 aliphatic rings. The molecule has 1 heterocycles. The Morgan fingerprint density at radius 3 is 2.91 bits per heavy atom. The molecule has 0 spiro atoms. The molecule has 0 bridgehead atoms. The number of nitrogens with zero attached hydrogens (tertiary/aromatic N) is 1. The fourth-order valence-corrected chi connectivity index (χ4v) is 3.46. The van der Waals surface area contributed by atoms with Gasteiger partial charge in [0.25, 0.3) is 0 Å². The van der Waals surface area contributed by atoms with Gasteiger partial charge in [-0.15, -0.1) is 0 Å².